The zero-order valence-electron chi connectivity index (χ0n) is 8.34. The van der Waals surface area contributed by atoms with Gasteiger partial charge in [0.05, 0.1) is 13.7 Å². The Hall–Kier alpha value is -1.59. The summed E-state index contributed by atoms with van der Waals surface area (Å²) < 4.78 is 4.60. The van der Waals surface area contributed by atoms with Crippen LogP contribution in [0.25, 0.3) is 0 Å². The molecule has 1 aromatic rings. The molecule has 0 aliphatic rings. The number of aromatic hydroxyl groups is 1. The number of carbonyl (C=O) groups excluding carboxylic acids is 1. The summed E-state index contributed by atoms with van der Waals surface area (Å²) in [5.74, 6) is 3.94. The number of carbonyl (C=O) groups is 1. The summed E-state index contributed by atoms with van der Waals surface area (Å²) in [5.41, 5.74) is 0.604. The van der Waals surface area contributed by atoms with E-state index in [0.29, 0.717) is 5.56 Å². The van der Waals surface area contributed by atoms with Gasteiger partial charge in [-0.25, -0.2) is 5.90 Å². The zero-order chi connectivity index (χ0) is 11.3. The lowest BCUT2D eigenvalue weighted by Gasteiger charge is -2.13. The Bertz CT molecular complexity index is 340. The Morgan fingerprint density at radius 1 is 1.60 bits per heavy atom. The van der Waals surface area contributed by atoms with Gasteiger partial charge in [-0.3, -0.25) is 4.79 Å². The lowest BCUT2D eigenvalue weighted by atomic mass is 10.00. The second-order valence-electron chi connectivity index (χ2n) is 3.00. The molecule has 0 aliphatic carbocycles. The summed E-state index contributed by atoms with van der Waals surface area (Å²) in [5, 5.41) is 9.26. The van der Waals surface area contributed by atoms with Crippen molar-refractivity contribution in [1.29, 1.82) is 0 Å². The van der Waals surface area contributed by atoms with Crippen LogP contribution in [0.4, 0.5) is 0 Å². The van der Waals surface area contributed by atoms with Gasteiger partial charge >= 0.3 is 5.97 Å². The molecule has 1 aromatic carbocycles. The van der Waals surface area contributed by atoms with E-state index in [0.717, 1.165) is 0 Å². The van der Waals surface area contributed by atoms with Gasteiger partial charge in [0.1, 0.15) is 11.7 Å². The number of rotatable bonds is 4. The third kappa shape index (κ3) is 2.93. The molecule has 1 unspecified atom stereocenters. The smallest absolute Gasteiger partial charge is 0.315 e. The van der Waals surface area contributed by atoms with Crippen molar-refractivity contribution in [2.75, 3.05) is 13.7 Å². The number of ether oxygens (including phenoxy) is 1. The predicted molar refractivity (Wildman–Crippen MR) is 53.0 cm³/mol. The number of methoxy groups -OCH3 is 1. The first-order valence-corrected chi connectivity index (χ1v) is 4.37. The number of hydrogen-bond acceptors (Lipinski definition) is 5. The minimum atomic E-state index is -0.618. The Balaban J connectivity index is 2.93. The molecule has 82 valence electrons. The van der Waals surface area contributed by atoms with Crippen LogP contribution in [0.2, 0.25) is 0 Å². The van der Waals surface area contributed by atoms with Gasteiger partial charge in [-0.15, -0.1) is 0 Å². The van der Waals surface area contributed by atoms with Gasteiger partial charge in [0.2, 0.25) is 0 Å². The Kier molecular flexibility index (Phi) is 4.08. The molecule has 0 aromatic heterocycles. The van der Waals surface area contributed by atoms with E-state index in [1.165, 1.54) is 19.2 Å². The van der Waals surface area contributed by atoms with Gasteiger partial charge in [0, 0.05) is 0 Å². The highest BCUT2D eigenvalue weighted by Crippen LogP contribution is 2.21. The predicted octanol–water partition coefficient (Wildman–Crippen LogP) is 0.539. The van der Waals surface area contributed by atoms with Crippen LogP contribution in [0.5, 0.6) is 5.75 Å². The van der Waals surface area contributed by atoms with Crippen LogP contribution in [0.15, 0.2) is 24.3 Å². The second-order valence-corrected chi connectivity index (χ2v) is 3.00. The minimum Gasteiger partial charge on any atom is -0.508 e. The molecule has 5 nitrogen and oxygen atoms in total. The molecule has 0 saturated carbocycles. The quantitative estimate of drug-likeness (QED) is 0.561. The topological polar surface area (TPSA) is 81.8 Å². The first kappa shape index (κ1) is 11.5. The molecule has 15 heavy (non-hydrogen) atoms. The molecule has 0 spiro atoms. The maximum absolute atomic E-state index is 11.4. The van der Waals surface area contributed by atoms with E-state index in [1.807, 2.05) is 0 Å². The molecular formula is C10H13NO4. The van der Waals surface area contributed by atoms with Crippen molar-refractivity contribution in [3.05, 3.63) is 29.8 Å². The Morgan fingerprint density at radius 2 is 2.33 bits per heavy atom. The monoisotopic (exact) mass is 211 g/mol. The first-order chi connectivity index (χ1) is 7.19. The third-order valence-corrected chi connectivity index (χ3v) is 2.02. The summed E-state index contributed by atoms with van der Waals surface area (Å²) >= 11 is 0. The maximum atomic E-state index is 11.4. The minimum absolute atomic E-state index is 0.0100. The van der Waals surface area contributed by atoms with Gasteiger partial charge in [-0.2, -0.15) is 0 Å². The number of esters is 1. The summed E-state index contributed by atoms with van der Waals surface area (Å²) in [7, 11) is 1.29. The van der Waals surface area contributed by atoms with E-state index in [9.17, 15) is 9.90 Å². The fourth-order valence-electron chi connectivity index (χ4n) is 1.28. The molecule has 0 bridgehead atoms. The van der Waals surface area contributed by atoms with Crippen LogP contribution in [0.1, 0.15) is 11.5 Å². The fourth-order valence-corrected chi connectivity index (χ4v) is 1.28. The van der Waals surface area contributed by atoms with Gasteiger partial charge in [-0.1, -0.05) is 12.1 Å². The van der Waals surface area contributed by atoms with Gasteiger partial charge in [0.25, 0.3) is 0 Å². The van der Waals surface area contributed by atoms with Crippen molar-refractivity contribution in [3.8, 4) is 5.75 Å². The standard InChI is InChI=1S/C10H13NO4/c1-14-10(13)9(6-15-11)7-3-2-4-8(12)5-7/h2-5,9,12H,6,11H2,1H3. The van der Waals surface area contributed by atoms with E-state index < -0.39 is 11.9 Å². The van der Waals surface area contributed by atoms with E-state index in [2.05, 4.69) is 9.57 Å². The SMILES string of the molecule is COC(=O)C(CON)c1cccc(O)c1. The summed E-state index contributed by atoms with van der Waals surface area (Å²) in [4.78, 5) is 15.8. The largest absolute Gasteiger partial charge is 0.508 e. The first-order valence-electron chi connectivity index (χ1n) is 4.37. The second kappa shape index (κ2) is 5.33. The maximum Gasteiger partial charge on any atom is 0.315 e. The average molecular weight is 211 g/mol. The van der Waals surface area contributed by atoms with Crippen LogP contribution in [-0.4, -0.2) is 24.8 Å². The van der Waals surface area contributed by atoms with Crippen LogP contribution in [-0.2, 0) is 14.4 Å². The highest BCUT2D eigenvalue weighted by Gasteiger charge is 2.21. The molecule has 0 radical (unpaired) electrons. The van der Waals surface area contributed by atoms with Crippen LogP contribution >= 0.6 is 0 Å². The number of phenols is 1. The molecule has 1 atom stereocenters. The van der Waals surface area contributed by atoms with Crippen molar-refractivity contribution in [1.82, 2.24) is 0 Å². The van der Waals surface area contributed by atoms with Crippen molar-refractivity contribution >= 4 is 5.97 Å². The molecule has 5 heteroatoms. The van der Waals surface area contributed by atoms with Crippen molar-refractivity contribution in [2.45, 2.75) is 5.92 Å². The number of hydrogen-bond donors (Lipinski definition) is 2. The van der Waals surface area contributed by atoms with Crippen LogP contribution < -0.4 is 5.90 Å². The molecule has 0 saturated heterocycles. The number of nitrogens with two attached hydrogens (primary N) is 1. The van der Waals surface area contributed by atoms with Crippen LogP contribution in [0.3, 0.4) is 0 Å². The van der Waals surface area contributed by atoms with E-state index in [1.54, 1.807) is 12.1 Å². The molecule has 0 aliphatic heterocycles. The van der Waals surface area contributed by atoms with Gasteiger partial charge in [0.15, 0.2) is 0 Å². The lowest BCUT2D eigenvalue weighted by Crippen LogP contribution is -2.21. The average Bonchev–Trinajstić information content (AvgIpc) is 2.25. The Labute approximate surface area is 87.4 Å². The summed E-state index contributed by atoms with van der Waals surface area (Å²) in [6.45, 7) is 0.0100. The molecule has 0 fully saturated rings. The van der Waals surface area contributed by atoms with Crippen molar-refractivity contribution < 1.29 is 19.5 Å². The number of phenolic OH excluding ortho intramolecular Hbond substituents is 1. The Morgan fingerprint density at radius 3 is 2.87 bits per heavy atom. The zero-order valence-corrected chi connectivity index (χ0v) is 8.34. The highest BCUT2D eigenvalue weighted by atomic mass is 16.6. The molecule has 3 N–H and O–H groups in total. The number of benzene rings is 1. The summed E-state index contributed by atoms with van der Waals surface area (Å²) in [6.07, 6.45) is 0. The van der Waals surface area contributed by atoms with Gasteiger partial charge in [-0.05, 0) is 17.7 Å². The van der Waals surface area contributed by atoms with E-state index >= 15 is 0 Å². The van der Waals surface area contributed by atoms with Crippen molar-refractivity contribution in [3.63, 3.8) is 0 Å². The normalized spacial score (nSPS) is 12.1. The lowest BCUT2D eigenvalue weighted by molar-refractivity contribution is -0.144. The third-order valence-electron chi connectivity index (χ3n) is 2.02. The fraction of sp³-hybridized carbons (Fsp3) is 0.300. The molecular weight excluding hydrogens is 198 g/mol. The van der Waals surface area contributed by atoms with E-state index in [4.69, 9.17) is 5.90 Å². The van der Waals surface area contributed by atoms with E-state index in [-0.39, 0.29) is 12.4 Å². The molecule has 0 heterocycles. The highest BCUT2D eigenvalue weighted by molar-refractivity contribution is 5.78. The molecule has 0 amide bonds. The van der Waals surface area contributed by atoms with Gasteiger partial charge < -0.3 is 14.7 Å². The molecule has 1 rings (SSSR count). The summed E-state index contributed by atoms with van der Waals surface area (Å²) in [6, 6.07) is 6.32. The van der Waals surface area contributed by atoms with Crippen LogP contribution in [0, 0.1) is 0 Å². The van der Waals surface area contributed by atoms with Crippen molar-refractivity contribution in [2.24, 2.45) is 5.90 Å².